The average molecular weight is 301 g/mol. The second kappa shape index (κ2) is 4.94. The molecule has 5 amide bonds. The minimum atomic E-state index is -0.957. The zero-order valence-electron chi connectivity index (χ0n) is 12.3. The molecule has 0 unspecified atom stereocenters. The van der Waals surface area contributed by atoms with Crippen molar-refractivity contribution in [3.05, 3.63) is 29.8 Å². The predicted molar refractivity (Wildman–Crippen MR) is 77.0 cm³/mol. The van der Waals surface area contributed by atoms with Crippen LogP contribution in [0.1, 0.15) is 12.5 Å². The molecule has 1 atom stereocenters. The second-order valence-electron chi connectivity index (χ2n) is 5.48. The van der Waals surface area contributed by atoms with Crippen LogP contribution in [0, 0.1) is 0 Å². The van der Waals surface area contributed by atoms with Crippen LogP contribution in [0.25, 0.3) is 0 Å². The molecule has 7 nitrogen and oxygen atoms in total. The number of benzene rings is 1. The summed E-state index contributed by atoms with van der Waals surface area (Å²) in [7, 11) is 1.22. The van der Waals surface area contributed by atoms with E-state index in [0.717, 1.165) is 22.6 Å². The van der Waals surface area contributed by atoms with E-state index in [-0.39, 0.29) is 11.9 Å². The lowest BCUT2D eigenvalue weighted by Gasteiger charge is -2.24. The number of carbonyl (C=O) groups is 4. The number of para-hydroxylation sites is 1. The van der Waals surface area contributed by atoms with Crippen molar-refractivity contribution in [3.8, 4) is 0 Å². The van der Waals surface area contributed by atoms with Gasteiger partial charge in [0.1, 0.15) is 6.54 Å². The molecular weight excluding hydrogens is 286 g/mol. The van der Waals surface area contributed by atoms with Gasteiger partial charge in [0.25, 0.3) is 0 Å². The van der Waals surface area contributed by atoms with Crippen LogP contribution in [0.4, 0.5) is 10.5 Å². The van der Waals surface area contributed by atoms with Crippen molar-refractivity contribution in [2.75, 3.05) is 18.5 Å². The maximum absolute atomic E-state index is 12.5. The average Bonchev–Trinajstić information content (AvgIpc) is 2.92. The molecule has 2 aliphatic heterocycles. The Balaban J connectivity index is 1.83. The van der Waals surface area contributed by atoms with Gasteiger partial charge in [0.15, 0.2) is 0 Å². The summed E-state index contributed by atoms with van der Waals surface area (Å²) in [5.74, 6) is -2.24. The maximum atomic E-state index is 12.5. The maximum Gasteiger partial charge on any atom is 0.334 e. The summed E-state index contributed by atoms with van der Waals surface area (Å²) < 4.78 is 0. The molecule has 0 aliphatic carbocycles. The molecule has 0 saturated carbocycles. The summed E-state index contributed by atoms with van der Waals surface area (Å²) >= 11 is 0. The number of fused-ring (bicyclic) bond motifs is 1. The Morgan fingerprint density at radius 3 is 2.50 bits per heavy atom. The van der Waals surface area contributed by atoms with Gasteiger partial charge in [-0.3, -0.25) is 19.3 Å². The van der Waals surface area contributed by atoms with E-state index in [1.807, 2.05) is 31.2 Å². The molecule has 1 aromatic rings. The van der Waals surface area contributed by atoms with Gasteiger partial charge in [-0.15, -0.1) is 0 Å². The SMILES string of the molecule is C[C@H]1Cc2ccccc2N1C(=O)CN1C(=O)C(=O)N(C)C1=O. The normalized spacial score (nSPS) is 20.9. The van der Waals surface area contributed by atoms with Crippen LogP contribution in [0.3, 0.4) is 0 Å². The van der Waals surface area contributed by atoms with Crippen LogP contribution in [-0.4, -0.2) is 53.2 Å². The van der Waals surface area contributed by atoms with E-state index in [1.54, 1.807) is 4.90 Å². The number of hydrogen-bond acceptors (Lipinski definition) is 4. The topological polar surface area (TPSA) is 78.0 Å². The summed E-state index contributed by atoms with van der Waals surface area (Å²) in [5.41, 5.74) is 1.84. The Hall–Kier alpha value is -2.70. The fraction of sp³-hybridized carbons (Fsp3) is 0.333. The number of nitrogens with zero attached hydrogens (tertiary/aromatic N) is 3. The Morgan fingerprint density at radius 2 is 1.86 bits per heavy atom. The summed E-state index contributed by atoms with van der Waals surface area (Å²) in [5, 5.41) is 0. The van der Waals surface area contributed by atoms with Crippen LogP contribution in [-0.2, 0) is 20.8 Å². The number of urea groups is 1. The minimum Gasteiger partial charge on any atom is -0.307 e. The summed E-state index contributed by atoms with van der Waals surface area (Å²) in [4.78, 5) is 50.6. The molecule has 0 radical (unpaired) electrons. The van der Waals surface area contributed by atoms with Crippen molar-refractivity contribution < 1.29 is 19.2 Å². The Morgan fingerprint density at radius 1 is 1.18 bits per heavy atom. The van der Waals surface area contributed by atoms with Crippen LogP contribution in [0.2, 0.25) is 0 Å². The second-order valence-corrected chi connectivity index (χ2v) is 5.48. The number of amides is 5. The Kier molecular flexibility index (Phi) is 3.20. The molecular formula is C15H15N3O4. The predicted octanol–water partition coefficient (Wildman–Crippen LogP) is 0.385. The van der Waals surface area contributed by atoms with Crippen molar-refractivity contribution in [2.24, 2.45) is 0 Å². The molecule has 0 bridgehead atoms. The van der Waals surface area contributed by atoms with Crippen molar-refractivity contribution in [1.29, 1.82) is 0 Å². The summed E-state index contributed by atoms with van der Waals surface area (Å²) in [6.07, 6.45) is 0.725. The fourth-order valence-corrected chi connectivity index (χ4v) is 2.91. The quantitative estimate of drug-likeness (QED) is 0.584. The molecule has 0 N–H and O–H groups in total. The smallest absolute Gasteiger partial charge is 0.307 e. The van der Waals surface area contributed by atoms with Crippen molar-refractivity contribution in [2.45, 2.75) is 19.4 Å². The lowest BCUT2D eigenvalue weighted by Crippen LogP contribution is -2.45. The molecule has 3 rings (SSSR count). The van der Waals surface area contributed by atoms with Crippen molar-refractivity contribution in [1.82, 2.24) is 9.80 Å². The number of rotatable bonds is 2. The highest BCUT2D eigenvalue weighted by molar-refractivity contribution is 6.45. The third-order valence-electron chi connectivity index (χ3n) is 4.02. The number of carbonyl (C=O) groups excluding carboxylic acids is 4. The number of hydrogen-bond donors (Lipinski definition) is 0. The lowest BCUT2D eigenvalue weighted by molar-refractivity contribution is -0.143. The first-order valence-electron chi connectivity index (χ1n) is 6.95. The molecule has 0 spiro atoms. The van der Waals surface area contributed by atoms with Crippen LogP contribution >= 0.6 is 0 Å². The van der Waals surface area contributed by atoms with Gasteiger partial charge in [-0.25, -0.2) is 9.69 Å². The first kappa shape index (κ1) is 14.2. The van der Waals surface area contributed by atoms with Crippen LogP contribution in [0.5, 0.6) is 0 Å². The molecule has 2 aliphatic rings. The Bertz CT molecular complexity index is 700. The van der Waals surface area contributed by atoms with Gasteiger partial charge in [0, 0.05) is 18.8 Å². The fourth-order valence-electron chi connectivity index (χ4n) is 2.91. The first-order valence-corrected chi connectivity index (χ1v) is 6.95. The van der Waals surface area contributed by atoms with Crippen LogP contribution < -0.4 is 4.90 Å². The molecule has 22 heavy (non-hydrogen) atoms. The van der Waals surface area contributed by atoms with Gasteiger partial charge in [0.2, 0.25) is 5.91 Å². The summed E-state index contributed by atoms with van der Waals surface area (Å²) in [6.45, 7) is 1.48. The standard InChI is InChI=1S/C15H15N3O4/c1-9-7-10-5-3-4-6-11(10)18(9)12(19)8-17-14(21)13(20)16(2)15(17)22/h3-6,9H,7-8H2,1-2H3/t9-/m0/s1. The van der Waals surface area contributed by atoms with Crippen molar-refractivity contribution in [3.63, 3.8) is 0 Å². The van der Waals surface area contributed by atoms with E-state index in [2.05, 4.69) is 0 Å². The molecule has 7 heteroatoms. The molecule has 0 aromatic heterocycles. The zero-order valence-corrected chi connectivity index (χ0v) is 12.3. The highest BCUT2D eigenvalue weighted by Crippen LogP contribution is 2.32. The van der Waals surface area contributed by atoms with Gasteiger partial charge in [-0.05, 0) is 25.0 Å². The number of likely N-dealkylation sites (N-methyl/N-ethyl adjacent to an activating group) is 1. The minimum absolute atomic E-state index is 0.0499. The third-order valence-corrected chi connectivity index (χ3v) is 4.02. The van der Waals surface area contributed by atoms with Crippen LogP contribution in [0.15, 0.2) is 24.3 Å². The molecule has 1 aromatic carbocycles. The van der Waals surface area contributed by atoms with Gasteiger partial charge in [0.05, 0.1) is 0 Å². The van der Waals surface area contributed by atoms with E-state index >= 15 is 0 Å². The zero-order chi connectivity index (χ0) is 16.0. The van der Waals surface area contributed by atoms with Gasteiger partial charge >= 0.3 is 17.8 Å². The van der Waals surface area contributed by atoms with Gasteiger partial charge < -0.3 is 4.90 Å². The van der Waals surface area contributed by atoms with E-state index in [9.17, 15) is 19.2 Å². The number of anilines is 1. The lowest BCUT2D eigenvalue weighted by atomic mass is 10.1. The molecule has 1 saturated heterocycles. The molecule has 2 heterocycles. The van der Waals surface area contributed by atoms with E-state index in [0.29, 0.717) is 4.90 Å². The molecule has 1 fully saturated rings. The first-order chi connectivity index (χ1) is 10.4. The van der Waals surface area contributed by atoms with Gasteiger partial charge in [-0.1, -0.05) is 18.2 Å². The molecule has 114 valence electrons. The largest absolute Gasteiger partial charge is 0.334 e. The monoisotopic (exact) mass is 301 g/mol. The number of imide groups is 2. The highest BCUT2D eigenvalue weighted by atomic mass is 16.2. The summed E-state index contributed by atoms with van der Waals surface area (Å²) in [6, 6.07) is 6.71. The highest BCUT2D eigenvalue weighted by Gasteiger charge is 2.44. The Labute approximate surface area is 127 Å². The van der Waals surface area contributed by atoms with E-state index in [1.165, 1.54) is 7.05 Å². The van der Waals surface area contributed by atoms with Gasteiger partial charge in [-0.2, -0.15) is 0 Å². The van der Waals surface area contributed by atoms with Crippen molar-refractivity contribution >= 4 is 29.4 Å². The third kappa shape index (κ3) is 1.97. The van der Waals surface area contributed by atoms with E-state index < -0.39 is 24.4 Å². The van der Waals surface area contributed by atoms with E-state index in [4.69, 9.17) is 0 Å².